The van der Waals surface area contributed by atoms with Gasteiger partial charge in [-0.2, -0.15) is 5.10 Å². The van der Waals surface area contributed by atoms with Crippen LogP contribution in [0.4, 0.5) is 5.95 Å². The van der Waals surface area contributed by atoms with E-state index in [1.807, 2.05) is 39.8 Å². The van der Waals surface area contributed by atoms with Gasteiger partial charge in [-0.25, -0.2) is 9.97 Å². The summed E-state index contributed by atoms with van der Waals surface area (Å²) >= 11 is 0. The van der Waals surface area contributed by atoms with Gasteiger partial charge in [0, 0.05) is 17.1 Å². The van der Waals surface area contributed by atoms with Crippen molar-refractivity contribution < 1.29 is 4.79 Å². The summed E-state index contributed by atoms with van der Waals surface area (Å²) in [5, 5.41) is 6.93. The highest BCUT2D eigenvalue weighted by atomic mass is 16.2. The third-order valence-electron chi connectivity index (χ3n) is 2.63. The van der Waals surface area contributed by atoms with Crippen molar-refractivity contribution in [1.29, 1.82) is 0 Å². The molecule has 2 aromatic heterocycles. The van der Waals surface area contributed by atoms with Crippen LogP contribution in [0.2, 0.25) is 0 Å². The molecular weight excluding hydrogens is 242 g/mol. The normalized spacial score (nSPS) is 10.5. The number of hydrogen-bond donors (Lipinski definition) is 1. The smallest absolute Gasteiger partial charge is 0.248 e. The van der Waals surface area contributed by atoms with Gasteiger partial charge in [0.05, 0.1) is 5.69 Å². The van der Waals surface area contributed by atoms with E-state index in [2.05, 4.69) is 20.4 Å². The molecule has 1 amide bonds. The van der Waals surface area contributed by atoms with Gasteiger partial charge in [-0.1, -0.05) is 0 Å². The fourth-order valence-corrected chi connectivity index (χ4v) is 1.92. The molecule has 0 radical (unpaired) electrons. The molecule has 0 aliphatic heterocycles. The van der Waals surface area contributed by atoms with Crippen LogP contribution in [0.15, 0.2) is 12.1 Å². The molecule has 19 heavy (non-hydrogen) atoms. The summed E-state index contributed by atoms with van der Waals surface area (Å²) in [6.07, 6.45) is 0. The van der Waals surface area contributed by atoms with Crippen LogP contribution in [0, 0.1) is 27.7 Å². The van der Waals surface area contributed by atoms with Gasteiger partial charge in [0.1, 0.15) is 6.54 Å². The highest BCUT2D eigenvalue weighted by Gasteiger charge is 2.09. The summed E-state index contributed by atoms with van der Waals surface area (Å²) in [5.74, 6) is 0.153. The van der Waals surface area contributed by atoms with E-state index in [9.17, 15) is 4.79 Å². The number of amides is 1. The molecule has 0 atom stereocenters. The number of anilines is 1. The average molecular weight is 259 g/mol. The van der Waals surface area contributed by atoms with Crippen LogP contribution in [0.1, 0.15) is 22.8 Å². The molecule has 1 N–H and O–H groups in total. The van der Waals surface area contributed by atoms with Gasteiger partial charge in [-0.3, -0.25) is 14.8 Å². The lowest BCUT2D eigenvalue weighted by Crippen LogP contribution is -2.21. The molecule has 0 saturated carbocycles. The predicted molar refractivity (Wildman–Crippen MR) is 71.8 cm³/mol. The van der Waals surface area contributed by atoms with E-state index in [0.717, 1.165) is 22.8 Å². The van der Waals surface area contributed by atoms with Crippen LogP contribution in [0.25, 0.3) is 0 Å². The third-order valence-corrected chi connectivity index (χ3v) is 2.63. The number of carbonyl (C=O) groups excluding carboxylic acids is 1. The molecule has 2 rings (SSSR count). The zero-order valence-corrected chi connectivity index (χ0v) is 11.6. The Kier molecular flexibility index (Phi) is 3.59. The molecule has 0 fully saturated rings. The van der Waals surface area contributed by atoms with Gasteiger partial charge in [0.15, 0.2) is 0 Å². The van der Waals surface area contributed by atoms with Gasteiger partial charge in [0.25, 0.3) is 0 Å². The molecule has 0 aromatic carbocycles. The van der Waals surface area contributed by atoms with Gasteiger partial charge >= 0.3 is 0 Å². The fourth-order valence-electron chi connectivity index (χ4n) is 1.92. The lowest BCUT2D eigenvalue weighted by Gasteiger charge is -2.06. The van der Waals surface area contributed by atoms with Crippen LogP contribution in [-0.4, -0.2) is 25.7 Å². The molecule has 0 saturated heterocycles. The Hall–Kier alpha value is -2.24. The Morgan fingerprint density at radius 1 is 1.11 bits per heavy atom. The maximum Gasteiger partial charge on any atom is 0.248 e. The van der Waals surface area contributed by atoms with Crippen molar-refractivity contribution in [3.8, 4) is 0 Å². The van der Waals surface area contributed by atoms with E-state index in [-0.39, 0.29) is 12.5 Å². The number of hydrogen-bond acceptors (Lipinski definition) is 4. The molecule has 2 aromatic rings. The van der Waals surface area contributed by atoms with E-state index in [0.29, 0.717) is 5.95 Å². The van der Waals surface area contributed by atoms with Crippen molar-refractivity contribution in [2.75, 3.05) is 5.32 Å². The zero-order valence-electron chi connectivity index (χ0n) is 11.6. The second-order valence-electron chi connectivity index (χ2n) is 4.61. The molecule has 0 aliphatic rings. The Morgan fingerprint density at radius 3 is 2.26 bits per heavy atom. The monoisotopic (exact) mass is 259 g/mol. The van der Waals surface area contributed by atoms with Crippen molar-refractivity contribution in [2.45, 2.75) is 34.2 Å². The first-order valence-electron chi connectivity index (χ1n) is 6.07. The van der Waals surface area contributed by atoms with E-state index < -0.39 is 0 Å². The van der Waals surface area contributed by atoms with Crippen molar-refractivity contribution in [2.24, 2.45) is 0 Å². The Balaban J connectivity index is 2.07. The van der Waals surface area contributed by atoms with Crippen LogP contribution in [0.5, 0.6) is 0 Å². The minimum atomic E-state index is -0.184. The second kappa shape index (κ2) is 5.17. The van der Waals surface area contributed by atoms with E-state index >= 15 is 0 Å². The molecule has 0 unspecified atom stereocenters. The standard InChI is InChI=1S/C13H17N5O/c1-8-5-9(2)15-13(14-8)16-12(19)7-18-11(4)6-10(3)17-18/h5-6H,7H2,1-4H3,(H,14,15,16,19). The van der Waals surface area contributed by atoms with Crippen LogP contribution in [0.3, 0.4) is 0 Å². The highest BCUT2D eigenvalue weighted by molar-refractivity contribution is 5.88. The summed E-state index contributed by atoms with van der Waals surface area (Å²) in [4.78, 5) is 20.3. The maximum atomic E-state index is 11.9. The fraction of sp³-hybridized carbons (Fsp3) is 0.385. The van der Waals surface area contributed by atoms with Crippen LogP contribution >= 0.6 is 0 Å². The van der Waals surface area contributed by atoms with Crippen molar-refractivity contribution in [3.63, 3.8) is 0 Å². The number of rotatable bonds is 3. The van der Waals surface area contributed by atoms with Gasteiger partial charge < -0.3 is 0 Å². The first kappa shape index (κ1) is 13.2. The Morgan fingerprint density at radius 2 is 1.74 bits per heavy atom. The Labute approximate surface area is 111 Å². The quantitative estimate of drug-likeness (QED) is 0.907. The summed E-state index contributed by atoms with van der Waals surface area (Å²) in [5.41, 5.74) is 3.50. The van der Waals surface area contributed by atoms with Gasteiger partial charge in [0.2, 0.25) is 11.9 Å². The molecule has 0 spiro atoms. The molecule has 6 heteroatoms. The first-order chi connectivity index (χ1) is 8.94. The van der Waals surface area contributed by atoms with Crippen molar-refractivity contribution in [1.82, 2.24) is 19.7 Å². The summed E-state index contributed by atoms with van der Waals surface area (Å²) < 4.78 is 1.66. The summed E-state index contributed by atoms with van der Waals surface area (Å²) in [7, 11) is 0. The number of carbonyl (C=O) groups is 1. The first-order valence-corrected chi connectivity index (χ1v) is 6.07. The molecule has 100 valence electrons. The lowest BCUT2D eigenvalue weighted by atomic mass is 10.3. The number of nitrogens with one attached hydrogen (secondary N) is 1. The average Bonchev–Trinajstić information content (AvgIpc) is 2.55. The largest absolute Gasteiger partial charge is 0.293 e. The van der Waals surface area contributed by atoms with Gasteiger partial charge in [-0.05, 0) is 39.8 Å². The SMILES string of the molecule is Cc1cc(C)nc(NC(=O)Cn2nc(C)cc2C)n1. The maximum absolute atomic E-state index is 11.9. The molecule has 6 nitrogen and oxygen atoms in total. The summed E-state index contributed by atoms with van der Waals surface area (Å²) in [6.45, 7) is 7.71. The zero-order chi connectivity index (χ0) is 14.0. The van der Waals surface area contributed by atoms with Crippen LogP contribution in [-0.2, 0) is 11.3 Å². The lowest BCUT2D eigenvalue weighted by molar-refractivity contribution is -0.117. The molecule has 0 bridgehead atoms. The van der Waals surface area contributed by atoms with Crippen molar-refractivity contribution in [3.05, 3.63) is 34.9 Å². The number of aromatic nitrogens is 4. The minimum absolute atomic E-state index is 0.163. The van der Waals surface area contributed by atoms with E-state index in [4.69, 9.17) is 0 Å². The topological polar surface area (TPSA) is 72.7 Å². The van der Waals surface area contributed by atoms with Gasteiger partial charge in [-0.15, -0.1) is 0 Å². The predicted octanol–water partition coefficient (Wildman–Crippen LogP) is 1.55. The van der Waals surface area contributed by atoms with E-state index in [1.165, 1.54) is 0 Å². The molecular formula is C13H17N5O. The Bertz CT molecular complexity index is 597. The summed E-state index contributed by atoms with van der Waals surface area (Å²) in [6, 6.07) is 3.79. The number of nitrogens with zero attached hydrogens (tertiary/aromatic N) is 4. The van der Waals surface area contributed by atoms with Crippen molar-refractivity contribution >= 4 is 11.9 Å². The third kappa shape index (κ3) is 3.37. The highest BCUT2D eigenvalue weighted by Crippen LogP contribution is 2.05. The number of aryl methyl sites for hydroxylation is 4. The molecule has 0 aliphatic carbocycles. The molecule has 2 heterocycles. The van der Waals surface area contributed by atoms with Crippen LogP contribution < -0.4 is 5.32 Å². The van der Waals surface area contributed by atoms with E-state index in [1.54, 1.807) is 4.68 Å². The minimum Gasteiger partial charge on any atom is -0.293 e. The second-order valence-corrected chi connectivity index (χ2v) is 4.61.